The molecule has 2 N–H and O–H groups in total. The van der Waals surface area contributed by atoms with Gasteiger partial charge in [0.15, 0.2) is 0 Å². The Morgan fingerprint density at radius 1 is 0.963 bits per heavy atom. The van der Waals surface area contributed by atoms with Crippen molar-refractivity contribution in [1.82, 2.24) is 15.3 Å². The maximum absolute atomic E-state index is 12.3. The molecule has 0 fully saturated rings. The molecule has 0 aliphatic rings. The van der Waals surface area contributed by atoms with Gasteiger partial charge in [0, 0.05) is 18.3 Å². The number of hydrogen-bond donors (Lipinski definition) is 2. The van der Waals surface area contributed by atoms with E-state index in [2.05, 4.69) is 53.5 Å². The molecule has 0 aliphatic heterocycles. The lowest BCUT2D eigenvalue weighted by Gasteiger charge is -2.19. The summed E-state index contributed by atoms with van der Waals surface area (Å²) in [6.45, 7) is 7.00. The van der Waals surface area contributed by atoms with Crippen molar-refractivity contribution in [2.45, 2.75) is 32.7 Å². The molecule has 1 amide bonds. The predicted molar refractivity (Wildman–Crippen MR) is 108 cm³/mol. The first-order valence-corrected chi connectivity index (χ1v) is 8.93. The normalized spacial score (nSPS) is 11.1. The molecule has 0 bridgehead atoms. The summed E-state index contributed by atoms with van der Waals surface area (Å²) in [7, 11) is 0. The van der Waals surface area contributed by atoms with E-state index in [1.165, 1.54) is 11.9 Å². The van der Waals surface area contributed by atoms with Crippen LogP contribution in [0, 0.1) is 0 Å². The van der Waals surface area contributed by atoms with Crippen molar-refractivity contribution in [3.05, 3.63) is 83.8 Å². The molecule has 0 saturated heterocycles. The van der Waals surface area contributed by atoms with E-state index in [1.54, 1.807) is 6.07 Å². The van der Waals surface area contributed by atoms with Gasteiger partial charge in [-0.1, -0.05) is 63.2 Å². The smallest absolute Gasteiger partial charge is 0.270 e. The summed E-state index contributed by atoms with van der Waals surface area (Å²) in [4.78, 5) is 20.6. The molecule has 5 heteroatoms. The lowest BCUT2D eigenvalue weighted by atomic mass is 9.87. The van der Waals surface area contributed by atoms with Crippen LogP contribution < -0.4 is 10.6 Å². The Morgan fingerprint density at radius 2 is 1.67 bits per heavy atom. The van der Waals surface area contributed by atoms with Crippen LogP contribution in [-0.2, 0) is 12.0 Å². The van der Waals surface area contributed by atoms with E-state index in [0.29, 0.717) is 18.1 Å². The third kappa shape index (κ3) is 5.14. The Labute approximate surface area is 159 Å². The van der Waals surface area contributed by atoms with Crippen molar-refractivity contribution in [3.8, 4) is 0 Å². The minimum Gasteiger partial charge on any atom is -0.347 e. The van der Waals surface area contributed by atoms with Gasteiger partial charge in [-0.2, -0.15) is 0 Å². The van der Waals surface area contributed by atoms with E-state index in [1.807, 2.05) is 42.5 Å². The molecule has 0 aliphatic carbocycles. The van der Waals surface area contributed by atoms with Crippen LogP contribution in [0.25, 0.3) is 0 Å². The van der Waals surface area contributed by atoms with Crippen LogP contribution in [0.2, 0.25) is 0 Å². The topological polar surface area (TPSA) is 66.9 Å². The number of rotatable bonds is 5. The molecule has 27 heavy (non-hydrogen) atoms. The number of nitrogens with one attached hydrogen (secondary N) is 2. The lowest BCUT2D eigenvalue weighted by molar-refractivity contribution is 0.0946. The maximum Gasteiger partial charge on any atom is 0.270 e. The average Bonchev–Trinajstić information content (AvgIpc) is 2.67. The Kier molecular flexibility index (Phi) is 5.50. The molecular weight excluding hydrogens is 336 g/mol. The molecule has 2 aromatic carbocycles. The van der Waals surface area contributed by atoms with Crippen LogP contribution >= 0.6 is 0 Å². The zero-order valence-electron chi connectivity index (χ0n) is 15.9. The van der Waals surface area contributed by atoms with Crippen molar-refractivity contribution >= 4 is 17.4 Å². The molecule has 0 saturated carbocycles. The zero-order valence-corrected chi connectivity index (χ0v) is 15.9. The van der Waals surface area contributed by atoms with E-state index in [9.17, 15) is 4.79 Å². The van der Waals surface area contributed by atoms with Gasteiger partial charge in [-0.3, -0.25) is 4.79 Å². The number of carbonyl (C=O) groups is 1. The minimum absolute atomic E-state index is 0.109. The van der Waals surface area contributed by atoms with E-state index in [0.717, 1.165) is 11.3 Å². The third-order valence-electron chi connectivity index (χ3n) is 4.22. The zero-order chi connectivity index (χ0) is 19.3. The van der Waals surface area contributed by atoms with E-state index in [-0.39, 0.29) is 11.3 Å². The van der Waals surface area contributed by atoms with Crippen LogP contribution in [0.5, 0.6) is 0 Å². The summed E-state index contributed by atoms with van der Waals surface area (Å²) < 4.78 is 0. The number of amides is 1. The Balaban J connectivity index is 1.65. The largest absolute Gasteiger partial charge is 0.347 e. The second-order valence-electron chi connectivity index (χ2n) is 7.41. The van der Waals surface area contributed by atoms with Crippen LogP contribution in [-0.4, -0.2) is 15.9 Å². The standard InChI is InChI=1S/C22H24N4O/c1-22(2,3)17-9-11-18(12-10-17)26-20-13-19(24-15-25-20)21(27)23-14-16-7-5-4-6-8-16/h4-13,15H,14H2,1-3H3,(H,23,27)(H,24,25,26). The second kappa shape index (κ2) is 7.99. The molecule has 3 aromatic rings. The quantitative estimate of drug-likeness (QED) is 0.705. The SMILES string of the molecule is CC(C)(C)c1ccc(Nc2cc(C(=O)NCc3ccccc3)ncn2)cc1. The molecule has 138 valence electrons. The summed E-state index contributed by atoms with van der Waals surface area (Å²) >= 11 is 0. The van der Waals surface area contributed by atoms with Gasteiger partial charge in [-0.05, 0) is 28.7 Å². The van der Waals surface area contributed by atoms with Crippen molar-refractivity contribution in [3.63, 3.8) is 0 Å². The summed E-state index contributed by atoms with van der Waals surface area (Å²) in [6, 6.07) is 19.6. The van der Waals surface area contributed by atoms with E-state index in [4.69, 9.17) is 0 Å². The summed E-state index contributed by atoms with van der Waals surface area (Å²) in [6.07, 6.45) is 1.39. The van der Waals surface area contributed by atoms with Gasteiger partial charge in [0.1, 0.15) is 17.8 Å². The first-order valence-electron chi connectivity index (χ1n) is 8.93. The van der Waals surface area contributed by atoms with Crippen LogP contribution in [0.4, 0.5) is 11.5 Å². The minimum atomic E-state index is -0.229. The molecule has 0 radical (unpaired) electrons. The van der Waals surface area contributed by atoms with E-state index < -0.39 is 0 Å². The molecule has 5 nitrogen and oxygen atoms in total. The predicted octanol–water partition coefficient (Wildman–Crippen LogP) is 4.45. The summed E-state index contributed by atoms with van der Waals surface area (Å²) in [5.41, 5.74) is 3.65. The van der Waals surface area contributed by atoms with Crippen molar-refractivity contribution in [2.24, 2.45) is 0 Å². The van der Waals surface area contributed by atoms with Gasteiger partial charge in [0.05, 0.1) is 0 Å². The first-order chi connectivity index (χ1) is 12.9. The number of carbonyl (C=O) groups excluding carboxylic acids is 1. The van der Waals surface area contributed by atoms with Gasteiger partial charge in [0.2, 0.25) is 0 Å². The number of anilines is 2. The summed E-state index contributed by atoms with van der Waals surface area (Å²) in [5, 5.41) is 6.09. The second-order valence-corrected chi connectivity index (χ2v) is 7.41. The molecule has 3 rings (SSSR count). The van der Waals surface area contributed by atoms with Crippen molar-refractivity contribution in [2.75, 3.05) is 5.32 Å². The molecule has 0 spiro atoms. The Hall–Kier alpha value is -3.21. The van der Waals surface area contributed by atoms with Gasteiger partial charge in [-0.25, -0.2) is 9.97 Å². The highest BCUT2D eigenvalue weighted by molar-refractivity contribution is 5.92. The summed E-state index contributed by atoms with van der Waals surface area (Å²) in [5.74, 6) is 0.353. The number of benzene rings is 2. The van der Waals surface area contributed by atoms with Crippen LogP contribution in [0.3, 0.4) is 0 Å². The van der Waals surface area contributed by atoms with Crippen LogP contribution in [0.1, 0.15) is 42.4 Å². The highest BCUT2D eigenvalue weighted by Gasteiger charge is 2.13. The fraction of sp³-hybridized carbons (Fsp3) is 0.227. The monoisotopic (exact) mass is 360 g/mol. The van der Waals surface area contributed by atoms with Crippen molar-refractivity contribution < 1.29 is 4.79 Å². The fourth-order valence-corrected chi connectivity index (χ4v) is 2.62. The average molecular weight is 360 g/mol. The van der Waals surface area contributed by atoms with Gasteiger partial charge in [0.25, 0.3) is 5.91 Å². The number of aromatic nitrogens is 2. The Morgan fingerprint density at radius 3 is 2.33 bits per heavy atom. The van der Waals surface area contributed by atoms with Gasteiger partial charge < -0.3 is 10.6 Å². The number of nitrogens with zero attached hydrogens (tertiary/aromatic N) is 2. The van der Waals surface area contributed by atoms with Gasteiger partial charge >= 0.3 is 0 Å². The molecule has 1 heterocycles. The highest BCUT2D eigenvalue weighted by atomic mass is 16.1. The third-order valence-corrected chi connectivity index (χ3v) is 4.22. The van der Waals surface area contributed by atoms with E-state index >= 15 is 0 Å². The lowest BCUT2D eigenvalue weighted by Crippen LogP contribution is -2.24. The van der Waals surface area contributed by atoms with Crippen LogP contribution in [0.15, 0.2) is 67.0 Å². The molecular formula is C22H24N4O. The molecule has 0 atom stereocenters. The number of hydrogen-bond acceptors (Lipinski definition) is 4. The Bertz CT molecular complexity index is 900. The first kappa shape index (κ1) is 18.6. The molecule has 0 unspecified atom stereocenters. The van der Waals surface area contributed by atoms with Gasteiger partial charge in [-0.15, -0.1) is 0 Å². The molecule has 1 aromatic heterocycles. The fourth-order valence-electron chi connectivity index (χ4n) is 2.62. The maximum atomic E-state index is 12.3. The highest BCUT2D eigenvalue weighted by Crippen LogP contribution is 2.24. The van der Waals surface area contributed by atoms with Crippen molar-refractivity contribution in [1.29, 1.82) is 0 Å².